The number of sulfonamides is 1. The Balaban J connectivity index is 4.06. The van der Waals surface area contributed by atoms with Crippen LogP contribution in [0.2, 0.25) is 0 Å². The summed E-state index contributed by atoms with van der Waals surface area (Å²) in [6, 6.07) is 0. The Morgan fingerprint density at radius 3 is 2.22 bits per heavy atom. The second-order valence-corrected chi connectivity index (χ2v) is 4.41. The highest BCUT2D eigenvalue weighted by Gasteiger charge is 2.07. The lowest BCUT2D eigenvalue weighted by molar-refractivity contribution is -0.117. The lowest BCUT2D eigenvalue weighted by Crippen LogP contribution is -2.28. The number of alkyl halides is 1. The molecule has 0 aliphatic heterocycles. The number of hydrogen-bond acceptors (Lipinski definition) is 3. The summed E-state index contributed by atoms with van der Waals surface area (Å²) in [6.07, 6.45) is 0. The molecule has 1 amide bonds. The summed E-state index contributed by atoms with van der Waals surface area (Å²) in [5.41, 5.74) is 0. The van der Waals surface area contributed by atoms with Gasteiger partial charge in [-0.05, 0) is 0 Å². The SMILES string of the molecule is CC(=O)NS(=O)(=O)CBr. The zero-order chi connectivity index (χ0) is 7.49. The van der Waals surface area contributed by atoms with Crippen LogP contribution in [0.25, 0.3) is 0 Å². The van der Waals surface area contributed by atoms with Crippen LogP contribution in [0.3, 0.4) is 0 Å². The highest BCUT2D eigenvalue weighted by Crippen LogP contribution is 1.89. The van der Waals surface area contributed by atoms with E-state index in [0.29, 0.717) is 0 Å². The van der Waals surface area contributed by atoms with E-state index in [4.69, 9.17) is 0 Å². The third kappa shape index (κ3) is 4.41. The molecule has 0 spiro atoms. The zero-order valence-corrected chi connectivity index (χ0v) is 7.12. The van der Waals surface area contributed by atoms with Gasteiger partial charge in [-0.3, -0.25) is 9.52 Å². The molecule has 9 heavy (non-hydrogen) atoms. The fourth-order valence-electron chi connectivity index (χ4n) is 0.246. The smallest absolute Gasteiger partial charge is 0.244 e. The maximum Gasteiger partial charge on any atom is 0.244 e. The normalized spacial score (nSPS) is 10.9. The van der Waals surface area contributed by atoms with Gasteiger partial charge >= 0.3 is 0 Å². The molecule has 0 saturated carbocycles. The predicted molar refractivity (Wildman–Crippen MR) is 36.5 cm³/mol. The Kier molecular flexibility index (Phi) is 3.13. The van der Waals surface area contributed by atoms with E-state index >= 15 is 0 Å². The monoisotopic (exact) mass is 215 g/mol. The Morgan fingerprint density at radius 2 is 2.11 bits per heavy atom. The third-order valence-corrected chi connectivity index (χ3v) is 3.14. The van der Waals surface area contributed by atoms with Crippen molar-refractivity contribution in [2.24, 2.45) is 0 Å². The zero-order valence-electron chi connectivity index (χ0n) is 4.72. The van der Waals surface area contributed by atoms with Crippen molar-refractivity contribution in [1.29, 1.82) is 0 Å². The number of nitrogens with one attached hydrogen (secondary N) is 1. The lowest BCUT2D eigenvalue weighted by atomic mass is 10.8. The van der Waals surface area contributed by atoms with Gasteiger partial charge in [0.25, 0.3) is 0 Å². The highest BCUT2D eigenvalue weighted by molar-refractivity contribution is 9.10. The summed E-state index contributed by atoms with van der Waals surface area (Å²) in [5.74, 6) is -0.575. The van der Waals surface area contributed by atoms with E-state index in [1.54, 1.807) is 4.72 Å². The average molecular weight is 216 g/mol. The van der Waals surface area contributed by atoms with Crippen LogP contribution in [-0.4, -0.2) is 19.0 Å². The Labute approximate surface area is 61.8 Å². The van der Waals surface area contributed by atoms with Crippen LogP contribution in [0.5, 0.6) is 0 Å². The summed E-state index contributed by atoms with van der Waals surface area (Å²) in [7, 11) is -3.40. The first-order valence-electron chi connectivity index (χ1n) is 2.05. The van der Waals surface area contributed by atoms with Crippen molar-refractivity contribution in [3.8, 4) is 0 Å². The van der Waals surface area contributed by atoms with Gasteiger partial charge in [0.15, 0.2) is 0 Å². The van der Waals surface area contributed by atoms with Crippen molar-refractivity contribution in [3.63, 3.8) is 0 Å². The number of amides is 1. The Morgan fingerprint density at radius 1 is 1.67 bits per heavy atom. The van der Waals surface area contributed by atoms with Gasteiger partial charge in [0.2, 0.25) is 15.9 Å². The number of hydrogen-bond donors (Lipinski definition) is 1. The minimum absolute atomic E-state index is 0.250. The topological polar surface area (TPSA) is 63.2 Å². The van der Waals surface area contributed by atoms with Gasteiger partial charge in [-0.1, -0.05) is 15.9 Å². The summed E-state index contributed by atoms with van der Waals surface area (Å²) < 4.78 is 22.4. The maximum atomic E-state index is 10.4. The molecule has 0 rings (SSSR count). The van der Waals surface area contributed by atoms with E-state index in [2.05, 4.69) is 15.9 Å². The molecule has 0 saturated heterocycles. The second-order valence-electron chi connectivity index (χ2n) is 1.38. The van der Waals surface area contributed by atoms with Crippen molar-refractivity contribution < 1.29 is 13.2 Å². The van der Waals surface area contributed by atoms with Crippen LogP contribution in [0, 0.1) is 0 Å². The van der Waals surface area contributed by atoms with E-state index in [9.17, 15) is 13.2 Å². The van der Waals surface area contributed by atoms with E-state index < -0.39 is 15.9 Å². The van der Waals surface area contributed by atoms with Crippen molar-refractivity contribution in [2.45, 2.75) is 6.92 Å². The van der Waals surface area contributed by atoms with E-state index in [1.807, 2.05) is 0 Å². The van der Waals surface area contributed by atoms with Gasteiger partial charge in [-0.15, -0.1) is 0 Å². The fourth-order valence-corrected chi connectivity index (χ4v) is 1.08. The molecular formula is C3H6BrNO3S. The van der Waals surface area contributed by atoms with Crippen LogP contribution in [0.4, 0.5) is 0 Å². The number of halogens is 1. The molecular weight excluding hydrogens is 210 g/mol. The molecule has 0 aliphatic rings. The molecule has 0 aromatic rings. The molecule has 54 valence electrons. The molecule has 0 aromatic heterocycles. The largest absolute Gasteiger partial charge is 0.274 e. The summed E-state index contributed by atoms with van der Waals surface area (Å²) in [4.78, 5) is 10.1. The Hall–Kier alpha value is -0.100. The molecule has 0 radical (unpaired) electrons. The Bertz CT molecular complexity index is 197. The highest BCUT2D eigenvalue weighted by atomic mass is 79.9. The first kappa shape index (κ1) is 8.90. The molecule has 0 unspecified atom stereocenters. The van der Waals surface area contributed by atoms with Crippen LogP contribution < -0.4 is 4.72 Å². The van der Waals surface area contributed by atoms with E-state index in [0.717, 1.165) is 6.92 Å². The van der Waals surface area contributed by atoms with Gasteiger partial charge in [-0.25, -0.2) is 8.42 Å². The van der Waals surface area contributed by atoms with Crippen LogP contribution in [-0.2, 0) is 14.8 Å². The van der Waals surface area contributed by atoms with Crippen LogP contribution in [0.15, 0.2) is 0 Å². The maximum absolute atomic E-state index is 10.4. The summed E-state index contributed by atoms with van der Waals surface area (Å²) in [5, 5.41) is 0. The first-order valence-corrected chi connectivity index (χ1v) is 4.82. The van der Waals surface area contributed by atoms with E-state index in [-0.39, 0.29) is 4.66 Å². The average Bonchev–Trinajstić information content (AvgIpc) is 1.63. The van der Waals surface area contributed by atoms with Crippen molar-refractivity contribution >= 4 is 31.9 Å². The molecule has 0 bridgehead atoms. The quantitative estimate of drug-likeness (QED) is 0.650. The van der Waals surface area contributed by atoms with Gasteiger partial charge < -0.3 is 0 Å². The predicted octanol–water partition coefficient (Wildman–Crippen LogP) is -0.195. The van der Waals surface area contributed by atoms with Crippen LogP contribution in [0.1, 0.15) is 6.92 Å². The number of carbonyl (C=O) groups excluding carboxylic acids is 1. The third-order valence-electron chi connectivity index (χ3n) is 0.443. The summed E-state index contributed by atoms with van der Waals surface area (Å²) >= 11 is 2.70. The molecule has 4 nitrogen and oxygen atoms in total. The molecule has 0 aromatic carbocycles. The molecule has 6 heteroatoms. The molecule has 0 atom stereocenters. The minimum Gasteiger partial charge on any atom is -0.274 e. The summed E-state index contributed by atoms with van der Waals surface area (Å²) in [6.45, 7) is 1.14. The van der Waals surface area contributed by atoms with Crippen molar-refractivity contribution in [1.82, 2.24) is 4.72 Å². The number of rotatable bonds is 2. The van der Waals surface area contributed by atoms with E-state index in [1.165, 1.54) is 0 Å². The lowest BCUT2D eigenvalue weighted by Gasteiger charge is -1.96. The minimum atomic E-state index is -3.40. The standard InChI is InChI=1S/C3H6BrNO3S/c1-3(6)5-9(7,8)2-4/h2H2,1H3,(H,5,6). The van der Waals surface area contributed by atoms with Crippen molar-refractivity contribution in [2.75, 3.05) is 4.66 Å². The first-order chi connectivity index (χ1) is 3.98. The number of carbonyl (C=O) groups is 1. The molecule has 0 aliphatic carbocycles. The van der Waals surface area contributed by atoms with Crippen molar-refractivity contribution in [3.05, 3.63) is 0 Å². The fraction of sp³-hybridized carbons (Fsp3) is 0.667. The van der Waals surface area contributed by atoms with Gasteiger partial charge in [-0.2, -0.15) is 0 Å². The van der Waals surface area contributed by atoms with Gasteiger partial charge in [0.05, 0.1) is 0 Å². The second kappa shape index (κ2) is 3.17. The molecule has 0 heterocycles. The van der Waals surface area contributed by atoms with Crippen LogP contribution >= 0.6 is 15.9 Å². The molecule has 0 fully saturated rings. The van der Waals surface area contributed by atoms with Gasteiger partial charge in [0.1, 0.15) is 4.66 Å². The van der Waals surface area contributed by atoms with Gasteiger partial charge in [0, 0.05) is 6.92 Å². The molecule has 1 N–H and O–H groups in total.